The molecule has 0 saturated heterocycles. The average Bonchev–Trinajstić information content (AvgIpc) is 2.52. The Balaban J connectivity index is 0.00000529. The molecule has 1 aromatic carbocycles. The lowest BCUT2D eigenvalue weighted by Crippen LogP contribution is -2.42. The van der Waals surface area contributed by atoms with Gasteiger partial charge in [-0.15, -0.1) is 24.0 Å². The van der Waals surface area contributed by atoms with Crippen LogP contribution in [0.25, 0.3) is 0 Å². The molecular formula is C18H33IN4O. The lowest BCUT2D eigenvalue weighted by molar-refractivity contribution is 0.298. The molecule has 0 aliphatic heterocycles. The van der Waals surface area contributed by atoms with E-state index in [-0.39, 0.29) is 30.0 Å². The van der Waals surface area contributed by atoms with E-state index in [0.29, 0.717) is 5.92 Å². The number of methoxy groups -OCH3 is 1. The monoisotopic (exact) mass is 448 g/mol. The van der Waals surface area contributed by atoms with Crippen LogP contribution in [0.15, 0.2) is 29.3 Å². The van der Waals surface area contributed by atoms with Crippen molar-refractivity contribution in [3.05, 3.63) is 29.8 Å². The van der Waals surface area contributed by atoms with Crippen LogP contribution >= 0.6 is 24.0 Å². The van der Waals surface area contributed by atoms with Crippen LogP contribution in [0.3, 0.4) is 0 Å². The molecule has 0 saturated carbocycles. The van der Waals surface area contributed by atoms with Gasteiger partial charge in [-0.1, -0.05) is 26.0 Å². The van der Waals surface area contributed by atoms with Crippen LogP contribution in [0.5, 0.6) is 5.75 Å². The van der Waals surface area contributed by atoms with E-state index in [2.05, 4.69) is 67.5 Å². The second-order valence-corrected chi connectivity index (χ2v) is 6.25. The van der Waals surface area contributed by atoms with Gasteiger partial charge in [-0.25, -0.2) is 0 Å². The number of halogens is 1. The normalized spacial score (nSPS) is 12.8. The summed E-state index contributed by atoms with van der Waals surface area (Å²) < 4.78 is 5.24. The van der Waals surface area contributed by atoms with E-state index in [9.17, 15) is 0 Å². The van der Waals surface area contributed by atoms with Crippen molar-refractivity contribution in [1.29, 1.82) is 0 Å². The van der Waals surface area contributed by atoms with E-state index in [1.807, 2.05) is 12.1 Å². The maximum Gasteiger partial charge on any atom is 0.191 e. The number of guanidine groups is 1. The molecule has 0 aliphatic carbocycles. The highest BCUT2D eigenvalue weighted by Gasteiger charge is 2.14. The zero-order valence-electron chi connectivity index (χ0n) is 15.8. The zero-order valence-corrected chi connectivity index (χ0v) is 18.1. The third kappa shape index (κ3) is 8.19. The van der Waals surface area contributed by atoms with Crippen LogP contribution < -0.4 is 15.4 Å². The number of rotatable bonds is 8. The molecule has 2 N–H and O–H groups in total. The molecule has 0 amide bonds. The Morgan fingerprint density at radius 3 is 2.25 bits per heavy atom. The lowest BCUT2D eigenvalue weighted by atomic mass is 10.1. The van der Waals surface area contributed by atoms with E-state index in [1.54, 1.807) is 7.11 Å². The Morgan fingerprint density at radius 2 is 1.79 bits per heavy atom. The molecule has 1 atom stereocenters. The van der Waals surface area contributed by atoms with Gasteiger partial charge in [0.05, 0.1) is 13.2 Å². The summed E-state index contributed by atoms with van der Waals surface area (Å²) >= 11 is 0. The molecule has 5 nitrogen and oxygen atoms in total. The Labute approximate surface area is 164 Å². The number of hydrogen-bond acceptors (Lipinski definition) is 3. The number of nitrogens with one attached hydrogen (secondary N) is 2. The first-order chi connectivity index (χ1) is 11.0. The van der Waals surface area contributed by atoms with Gasteiger partial charge < -0.3 is 20.3 Å². The van der Waals surface area contributed by atoms with Crippen molar-refractivity contribution in [3.8, 4) is 5.75 Å². The molecule has 0 aromatic heterocycles. The second kappa shape index (κ2) is 12.4. The minimum Gasteiger partial charge on any atom is -0.497 e. The Kier molecular flexibility index (Phi) is 11.8. The molecule has 0 bridgehead atoms. The number of likely N-dealkylation sites (N-methyl/N-ethyl adjacent to an activating group) is 1. The summed E-state index contributed by atoms with van der Waals surface area (Å²) in [7, 11) is 5.87. The molecule has 0 aliphatic rings. The van der Waals surface area contributed by atoms with Crippen LogP contribution in [0.1, 0.15) is 32.4 Å². The van der Waals surface area contributed by atoms with Crippen molar-refractivity contribution in [1.82, 2.24) is 15.5 Å². The Morgan fingerprint density at radius 1 is 1.17 bits per heavy atom. The molecule has 1 unspecified atom stereocenters. The lowest BCUT2D eigenvalue weighted by Gasteiger charge is -2.26. The minimum atomic E-state index is 0. The third-order valence-corrected chi connectivity index (χ3v) is 3.55. The van der Waals surface area contributed by atoms with Crippen molar-refractivity contribution in [2.24, 2.45) is 10.9 Å². The molecule has 24 heavy (non-hydrogen) atoms. The SMILES string of the molecule is CCNC(=NCC(C)C)NCC(c1ccc(OC)cc1)N(C)C.I. The smallest absolute Gasteiger partial charge is 0.191 e. The van der Waals surface area contributed by atoms with Crippen LogP contribution in [0.4, 0.5) is 0 Å². The number of hydrogen-bond donors (Lipinski definition) is 2. The molecule has 0 heterocycles. The predicted octanol–water partition coefficient (Wildman–Crippen LogP) is 3.13. The van der Waals surface area contributed by atoms with E-state index in [4.69, 9.17) is 4.74 Å². The third-order valence-electron chi connectivity index (χ3n) is 3.55. The van der Waals surface area contributed by atoms with Gasteiger partial charge >= 0.3 is 0 Å². The maximum atomic E-state index is 5.24. The number of ether oxygens (including phenoxy) is 1. The molecule has 138 valence electrons. The fraction of sp³-hybridized carbons (Fsp3) is 0.611. The fourth-order valence-electron chi connectivity index (χ4n) is 2.23. The van der Waals surface area contributed by atoms with Gasteiger partial charge in [0.25, 0.3) is 0 Å². The van der Waals surface area contributed by atoms with Crippen molar-refractivity contribution in [2.45, 2.75) is 26.8 Å². The highest BCUT2D eigenvalue weighted by atomic mass is 127. The molecule has 6 heteroatoms. The summed E-state index contributed by atoms with van der Waals surface area (Å²) in [4.78, 5) is 6.83. The van der Waals surface area contributed by atoms with Crippen molar-refractivity contribution in [3.63, 3.8) is 0 Å². The van der Waals surface area contributed by atoms with Gasteiger partial charge in [0.15, 0.2) is 5.96 Å². The minimum absolute atomic E-state index is 0. The first-order valence-corrected chi connectivity index (χ1v) is 8.30. The first-order valence-electron chi connectivity index (χ1n) is 8.30. The Hall–Kier alpha value is -1.02. The number of nitrogens with zero attached hydrogens (tertiary/aromatic N) is 2. The fourth-order valence-corrected chi connectivity index (χ4v) is 2.23. The van der Waals surface area contributed by atoms with Crippen molar-refractivity contribution < 1.29 is 4.74 Å². The summed E-state index contributed by atoms with van der Waals surface area (Å²) in [5, 5.41) is 6.75. The predicted molar refractivity (Wildman–Crippen MR) is 114 cm³/mol. The average molecular weight is 448 g/mol. The van der Waals surface area contributed by atoms with Gasteiger partial charge in [-0.3, -0.25) is 4.99 Å². The highest BCUT2D eigenvalue weighted by molar-refractivity contribution is 14.0. The summed E-state index contributed by atoms with van der Waals surface area (Å²) in [6.07, 6.45) is 0. The summed E-state index contributed by atoms with van der Waals surface area (Å²) in [5.41, 5.74) is 1.25. The van der Waals surface area contributed by atoms with E-state index in [0.717, 1.165) is 31.3 Å². The molecule has 1 aromatic rings. The van der Waals surface area contributed by atoms with Crippen LogP contribution in [0.2, 0.25) is 0 Å². The van der Waals surface area contributed by atoms with Gasteiger partial charge in [0, 0.05) is 19.6 Å². The van der Waals surface area contributed by atoms with Crippen molar-refractivity contribution >= 4 is 29.9 Å². The van der Waals surface area contributed by atoms with Crippen LogP contribution in [-0.4, -0.2) is 51.7 Å². The summed E-state index contributed by atoms with van der Waals surface area (Å²) in [5.74, 6) is 2.31. The molecule has 1 rings (SSSR count). The maximum absolute atomic E-state index is 5.24. The zero-order chi connectivity index (χ0) is 17.2. The van der Waals surface area contributed by atoms with Gasteiger partial charge in [-0.2, -0.15) is 0 Å². The molecular weight excluding hydrogens is 415 g/mol. The standard InChI is InChI=1S/C18H32N4O.HI/c1-7-19-18(20-12-14(2)3)21-13-17(22(4)5)15-8-10-16(23-6)11-9-15;/h8-11,14,17H,7,12-13H2,1-6H3,(H2,19,20,21);1H. The van der Waals surface area contributed by atoms with Crippen LogP contribution in [0, 0.1) is 5.92 Å². The van der Waals surface area contributed by atoms with Gasteiger partial charge in [-0.05, 0) is 44.6 Å². The van der Waals surface area contributed by atoms with E-state index in [1.165, 1.54) is 5.56 Å². The van der Waals surface area contributed by atoms with Crippen molar-refractivity contribution in [2.75, 3.05) is 40.8 Å². The second-order valence-electron chi connectivity index (χ2n) is 6.25. The van der Waals surface area contributed by atoms with Crippen LogP contribution in [-0.2, 0) is 0 Å². The first kappa shape index (κ1) is 23.0. The largest absolute Gasteiger partial charge is 0.497 e. The number of benzene rings is 1. The molecule has 0 radical (unpaired) electrons. The quantitative estimate of drug-likeness (QED) is 0.365. The highest BCUT2D eigenvalue weighted by Crippen LogP contribution is 2.20. The summed E-state index contributed by atoms with van der Waals surface area (Å²) in [6, 6.07) is 8.50. The Bertz CT molecular complexity index is 474. The van der Waals surface area contributed by atoms with E-state index >= 15 is 0 Å². The molecule has 0 spiro atoms. The van der Waals surface area contributed by atoms with E-state index < -0.39 is 0 Å². The number of aliphatic imine (C=N–C) groups is 1. The van der Waals surface area contributed by atoms with Gasteiger partial charge in [0.2, 0.25) is 0 Å². The van der Waals surface area contributed by atoms with Gasteiger partial charge in [0.1, 0.15) is 5.75 Å². The molecule has 0 fully saturated rings. The summed E-state index contributed by atoms with van der Waals surface area (Å²) in [6.45, 7) is 8.91. The topological polar surface area (TPSA) is 48.9 Å².